The van der Waals surface area contributed by atoms with E-state index in [-0.39, 0.29) is 23.3 Å². The fourth-order valence-corrected chi connectivity index (χ4v) is 5.00. The van der Waals surface area contributed by atoms with Gasteiger partial charge in [0.25, 0.3) is 5.56 Å². The summed E-state index contributed by atoms with van der Waals surface area (Å²) >= 11 is 1.27. The SMILES string of the molecule is CCc1ccc(-n2c(SCC(=O)NC3CCOc4ccccc43)nc3ccccc3c2=O)cc1. The van der Waals surface area contributed by atoms with Crippen molar-refractivity contribution < 1.29 is 9.53 Å². The molecule has 0 bridgehead atoms. The molecular weight excluding hydrogens is 446 g/mol. The third kappa shape index (κ3) is 4.43. The van der Waals surface area contributed by atoms with E-state index in [1.54, 1.807) is 10.6 Å². The van der Waals surface area contributed by atoms with Crippen LogP contribution in [0.15, 0.2) is 82.7 Å². The predicted octanol–water partition coefficient (Wildman–Crippen LogP) is 4.68. The summed E-state index contributed by atoms with van der Waals surface area (Å²) in [5.41, 5.74) is 3.40. The Balaban J connectivity index is 1.42. The molecule has 0 spiro atoms. The average molecular weight is 472 g/mol. The van der Waals surface area contributed by atoms with E-state index in [0.717, 1.165) is 29.8 Å². The van der Waals surface area contributed by atoms with Gasteiger partial charge in [0.2, 0.25) is 5.91 Å². The Morgan fingerprint density at radius 2 is 1.85 bits per heavy atom. The molecule has 1 atom stereocenters. The third-order valence-electron chi connectivity index (χ3n) is 5.97. The summed E-state index contributed by atoms with van der Waals surface area (Å²) in [6, 6.07) is 22.9. The average Bonchev–Trinajstić information content (AvgIpc) is 2.88. The van der Waals surface area contributed by atoms with Gasteiger partial charge in [-0.1, -0.05) is 61.2 Å². The maximum absolute atomic E-state index is 13.4. The van der Waals surface area contributed by atoms with Gasteiger partial charge in [-0.15, -0.1) is 0 Å². The van der Waals surface area contributed by atoms with Gasteiger partial charge in [0.1, 0.15) is 5.75 Å². The smallest absolute Gasteiger partial charge is 0.266 e. The number of rotatable bonds is 6. The first-order valence-electron chi connectivity index (χ1n) is 11.4. The number of hydrogen-bond acceptors (Lipinski definition) is 5. The van der Waals surface area contributed by atoms with E-state index >= 15 is 0 Å². The van der Waals surface area contributed by atoms with Crippen molar-refractivity contribution >= 4 is 28.6 Å². The summed E-state index contributed by atoms with van der Waals surface area (Å²) in [5.74, 6) is 0.853. The Morgan fingerprint density at radius 3 is 2.68 bits per heavy atom. The summed E-state index contributed by atoms with van der Waals surface area (Å²) in [4.78, 5) is 31.0. The third-order valence-corrected chi connectivity index (χ3v) is 6.91. The lowest BCUT2D eigenvalue weighted by Crippen LogP contribution is -2.33. The van der Waals surface area contributed by atoms with E-state index in [1.165, 1.54) is 17.3 Å². The number of aryl methyl sites for hydroxylation is 1. The van der Waals surface area contributed by atoms with Gasteiger partial charge in [-0.05, 0) is 42.3 Å². The van der Waals surface area contributed by atoms with Crippen molar-refractivity contribution in [3.8, 4) is 11.4 Å². The highest BCUT2D eigenvalue weighted by atomic mass is 32.2. The van der Waals surface area contributed by atoms with Crippen molar-refractivity contribution in [1.29, 1.82) is 0 Å². The molecule has 1 amide bonds. The minimum absolute atomic E-state index is 0.0913. The molecule has 5 rings (SSSR count). The standard InChI is InChI=1S/C27H25N3O3S/c1-2-18-11-13-19(14-12-18)30-26(32)21-8-3-5-9-22(21)29-27(30)34-17-25(31)28-23-15-16-33-24-10-6-4-7-20(23)24/h3-14,23H,2,15-17H2,1H3,(H,28,31). The van der Waals surface area contributed by atoms with Crippen LogP contribution >= 0.6 is 11.8 Å². The van der Waals surface area contributed by atoms with Gasteiger partial charge in [0, 0.05) is 12.0 Å². The molecule has 2 heterocycles. The minimum Gasteiger partial charge on any atom is -0.493 e. The molecule has 7 heteroatoms. The van der Waals surface area contributed by atoms with Crippen LogP contribution in [-0.4, -0.2) is 27.8 Å². The lowest BCUT2D eigenvalue weighted by molar-refractivity contribution is -0.119. The first kappa shape index (κ1) is 22.2. The van der Waals surface area contributed by atoms with E-state index in [4.69, 9.17) is 9.72 Å². The number of para-hydroxylation sites is 2. The number of fused-ring (bicyclic) bond motifs is 2. The molecule has 0 saturated carbocycles. The van der Waals surface area contributed by atoms with Crippen LogP contribution in [0.25, 0.3) is 16.6 Å². The molecule has 6 nitrogen and oxygen atoms in total. The van der Waals surface area contributed by atoms with Gasteiger partial charge in [0.05, 0.1) is 35.0 Å². The highest BCUT2D eigenvalue weighted by molar-refractivity contribution is 7.99. The molecule has 0 fully saturated rings. The summed E-state index contributed by atoms with van der Waals surface area (Å²) in [6.45, 7) is 2.66. The van der Waals surface area contributed by atoms with Crippen molar-refractivity contribution in [2.45, 2.75) is 31.0 Å². The maximum atomic E-state index is 13.4. The molecule has 0 aliphatic carbocycles. The lowest BCUT2D eigenvalue weighted by Gasteiger charge is -2.26. The lowest BCUT2D eigenvalue weighted by atomic mass is 10.0. The minimum atomic E-state index is -0.142. The molecule has 0 radical (unpaired) electrons. The van der Waals surface area contributed by atoms with Crippen molar-refractivity contribution in [1.82, 2.24) is 14.9 Å². The van der Waals surface area contributed by atoms with Crippen LogP contribution in [0.2, 0.25) is 0 Å². The van der Waals surface area contributed by atoms with E-state index in [1.807, 2.05) is 66.7 Å². The van der Waals surface area contributed by atoms with Crippen molar-refractivity contribution in [3.63, 3.8) is 0 Å². The van der Waals surface area contributed by atoms with E-state index in [9.17, 15) is 9.59 Å². The number of amides is 1. The number of benzene rings is 3. The molecule has 34 heavy (non-hydrogen) atoms. The predicted molar refractivity (Wildman–Crippen MR) is 135 cm³/mol. The molecule has 172 valence electrons. The number of nitrogens with zero attached hydrogens (tertiary/aromatic N) is 2. The van der Waals surface area contributed by atoms with Gasteiger partial charge in [-0.2, -0.15) is 0 Å². The van der Waals surface area contributed by atoms with Gasteiger partial charge < -0.3 is 10.1 Å². The molecule has 1 aliphatic rings. The number of aromatic nitrogens is 2. The van der Waals surface area contributed by atoms with Crippen molar-refractivity contribution in [2.24, 2.45) is 0 Å². The number of carbonyl (C=O) groups excluding carboxylic acids is 1. The van der Waals surface area contributed by atoms with Crippen LogP contribution in [0.3, 0.4) is 0 Å². The largest absolute Gasteiger partial charge is 0.493 e. The van der Waals surface area contributed by atoms with Crippen molar-refractivity contribution in [2.75, 3.05) is 12.4 Å². The Hall–Kier alpha value is -3.58. The van der Waals surface area contributed by atoms with Crippen molar-refractivity contribution in [3.05, 3.63) is 94.3 Å². The van der Waals surface area contributed by atoms with Gasteiger partial charge >= 0.3 is 0 Å². The van der Waals surface area contributed by atoms with E-state index < -0.39 is 0 Å². The topological polar surface area (TPSA) is 73.2 Å². The normalized spacial score (nSPS) is 14.9. The Kier molecular flexibility index (Phi) is 6.36. The summed E-state index contributed by atoms with van der Waals surface area (Å²) < 4.78 is 7.30. The highest BCUT2D eigenvalue weighted by Crippen LogP contribution is 2.31. The van der Waals surface area contributed by atoms with E-state index in [2.05, 4.69) is 12.2 Å². The molecular formula is C27H25N3O3S. The van der Waals surface area contributed by atoms with Crippen LogP contribution < -0.4 is 15.6 Å². The van der Waals surface area contributed by atoms with Crippen LogP contribution in [-0.2, 0) is 11.2 Å². The summed E-state index contributed by atoms with van der Waals surface area (Å²) in [7, 11) is 0. The molecule has 1 aliphatic heterocycles. The molecule has 4 aromatic rings. The Morgan fingerprint density at radius 1 is 1.09 bits per heavy atom. The fourth-order valence-electron chi connectivity index (χ4n) is 4.18. The zero-order valence-electron chi connectivity index (χ0n) is 18.9. The maximum Gasteiger partial charge on any atom is 0.266 e. The zero-order chi connectivity index (χ0) is 23.5. The van der Waals surface area contributed by atoms with Gasteiger partial charge in [-0.25, -0.2) is 4.98 Å². The van der Waals surface area contributed by atoms with Gasteiger partial charge in [0.15, 0.2) is 5.16 Å². The number of thioether (sulfide) groups is 1. The van der Waals surface area contributed by atoms with Crippen LogP contribution in [0.4, 0.5) is 0 Å². The molecule has 1 aromatic heterocycles. The summed E-state index contributed by atoms with van der Waals surface area (Å²) in [6.07, 6.45) is 1.64. The van der Waals surface area contributed by atoms with Crippen LogP contribution in [0, 0.1) is 0 Å². The fraction of sp³-hybridized carbons (Fsp3) is 0.222. The number of ether oxygens (including phenoxy) is 1. The Bertz CT molecular complexity index is 1400. The first-order chi connectivity index (χ1) is 16.6. The van der Waals surface area contributed by atoms with Crippen LogP contribution in [0.5, 0.6) is 5.75 Å². The zero-order valence-corrected chi connectivity index (χ0v) is 19.7. The number of hydrogen-bond donors (Lipinski definition) is 1. The number of carbonyl (C=O) groups is 1. The molecule has 0 saturated heterocycles. The van der Waals surface area contributed by atoms with Crippen LogP contribution in [0.1, 0.15) is 30.5 Å². The van der Waals surface area contributed by atoms with E-state index in [0.29, 0.717) is 22.7 Å². The molecule has 1 unspecified atom stereocenters. The summed E-state index contributed by atoms with van der Waals surface area (Å²) in [5, 5.41) is 4.16. The quantitative estimate of drug-likeness (QED) is 0.327. The van der Waals surface area contributed by atoms with Gasteiger partial charge in [-0.3, -0.25) is 14.2 Å². The number of nitrogens with one attached hydrogen (secondary N) is 1. The second kappa shape index (κ2) is 9.73. The second-order valence-electron chi connectivity index (χ2n) is 8.16. The molecule has 1 N–H and O–H groups in total. The first-order valence-corrected chi connectivity index (χ1v) is 12.4. The highest BCUT2D eigenvalue weighted by Gasteiger charge is 2.23. The Labute approximate surface area is 202 Å². The second-order valence-corrected chi connectivity index (χ2v) is 9.10. The monoisotopic (exact) mass is 471 g/mol. The molecule has 3 aromatic carbocycles.